The first-order valence-corrected chi connectivity index (χ1v) is 6.38. The highest BCUT2D eigenvalue weighted by Gasteiger charge is 2.38. The second-order valence-corrected chi connectivity index (χ2v) is 6.08. The standard InChI is InChI=1S/C14H24O/c1-10-5-4-6-11-7-8-12(9-13(10)11)14(2,3)15/h11-13,15H,1,4-9H2,2-3H3/t11-,12+,13-/m0/s1. The maximum absolute atomic E-state index is 10.1. The summed E-state index contributed by atoms with van der Waals surface area (Å²) in [5.74, 6) is 2.07. The average molecular weight is 208 g/mol. The zero-order valence-electron chi connectivity index (χ0n) is 10.1. The number of aliphatic hydroxyl groups is 1. The Morgan fingerprint density at radius 2 is 2.00 bits per heavy atom. The molecule has 2 aliphatic rings. The molecule has 0 unspecified atom stereocenters. The van der Waals surface area contributed by atoms with Gasteiger partial charge >= 0.3 is 0 Å². The van der Waals surface area contributed by atoms with Gasteiger partial charge in [0.05, 0.1) is 5.60 Å². The predicted octanol–water partition coefficient (Wildman–Crippen LogP) is 3.53. The lowest BCUT2D eigenvalue weighted by atomic mass is 9.63. The monoisotopic (exact) mass is 208 g/mol. The molecule has 0 saturated heterocycles. The van der Waals surface area contributed by atoms with Crippen LogP contribution in [0.5, 0.6) is 0 Å². The number of hydrogen-bond acceptors (Lipinski definition) is 1. The Kier molecular flexibility index (Phi) is 2.94. The Balaban J connectivity index is 2.05. The molecule has 0 bridgehead atoms. The Labute approximate surface area is 93.6 Å². The van der Waals surface area contributed by atoms with E-state index in [1.54, 1.807) is 0 Å². The van der Waals surface area contributed by atoms with Crippen LogP contribution in [0.15, 0.2) is 12.2 Å². The average Bonchev–Trinajstić information content (AvgIpc) is 2.16. The van der Waals surface area contributed by atoms with Crippen molar-refractivity contribution in [2.75, 3.05) is 0 Å². The van der Waals surface area contributed by atoms with E-state index >= 15 is 0 Å². The van der Waals surface area contributed by atoms with Crippen LogP contribution in [-0.4, -0.2) is 10.7 Å². The summed E-state index contributed by atoms with van der Waals surface area (Å²) in [7, 11) is 0. The van der Waals surface area contributed by atoms with Crippen molar-refractivity contribution in [1.29, 1.82) is 0 Å². The summed E-state index contributed by atoms with van der Waals surface area (Å²) < 4.78 is 0. The van der Waals surface area contributed by atoms with Gasteiger partial charge in [0.1, 0.15) is 0 Å². The van der Waals surface area contributed by atoms with Crippen LogP contribution in [0.3, 0.4) is 0 Å². The zero-order chi connectivity index (χ0) is 11.1. The van der Waals surface area contributed by atoms with Gasteiger partial charge in [0.2, 0.25) is 0 Å². The highest BCUT2D eigenvalue weighted by atomic mass is 16.3. The van der Waals surface area contributed by atoms with Crippen LogP contribution in [0.1, 0.15) is 52.4 Å². The molecular weight excluding hydrogens is 184 g/mol. The van der Waals surface area contributed by atoms with E-state index in [4.69, 9.17) is 0 Å². The Bertz CT molecular complexity index is 249. The molecule has 2 rings (SSSR count). The smallest absolute Gasteiger partial charge is 0.0620 e. The van der Waals surface area contributed by atoms with Crippen LogP contribution in [0.25, 0.3) is 0 Å². The van der Waals surface area contributed by atoms with Gasteiger partial charge in [0, 0.05) is 0 Å². The number of fused-ring (bicyclic) bond motifs is 1. The van der Waals surface area contributed by atoms with Gasteiger partial charge in [0.25, 0.3) is 0 Å². The summed E-state index contributed by atoms with van der Waals surface area (Å²) in [6.45, 7) is 8.16. The van der Waals surface area contributed by atoms with Crippen molar-refractivity contribution in [3.63, 3.8) is 0 Å². The number of hydrogen-bond donors (Lipinski definition) is 1. The van der Waals surface area contributed by atoms with E-state index in [-0.39, 0.29) is 0 Å². The minimum Gasteiger partial charge on any atom is -0.390 e. The van der Waals surface area contributed by atoms with Gasteiger partial charge in [-0.15, -0.1) is 0 Å². The molecule has 0 spiro atoms. The van der Waals surface area contributed by atoms with E-state index in [1.807, 2.05) is 13.8 Å². The van der Waals surface area contributed by atoms with Crippen LogP contribution in [0, 0.1) is 17.8 Å². The van der Waals surface area contributed by atoms with Gasteiger partial charge in [0.15, 0.2) is 0 Å². The van der Waals surface area contributed by atoms with E-state index < -0.39 is 5.60 Å². The molecule has 1 N–H and O–H groups in total. The Morgan fingerprint density at radius 3 is 2.67 bits per heavy atom. The molecule has 3 atom stereocenters. The Hall–Kier alpha value is -0.300. The van der Waals surface area contributed by atoms with E-state index in [0.29, 0.717) is 11.8 Å². The van der Waals surface area contributed by atoms with Gasteiger partial charge in [-0.05, 0) is 70.1 Å². The van der Waals surface area contributed by atoms with Crippen molar-refractivity contribution >= 4 is 0 Å². The van der Waals surface area contributed by atoms with Crippen LogP contribution in [0.4, 0.5) is 0 Å². The zero-order valence-corrected chi connectivity index (χ0v) is 10.1. The SMILES string of the molecule is C=C1CCC[C@H]2CC[C@@H](C(C)(C)O)C[C@@H]12. The molecule has 0 aromatic carbocycles. The fourth-order valence-electron chi connectivity index (χ4n) is 3.50. The molecule has 0 amide bonds. The molecule has 0 heterocycles. The lowest BCUT2D eigenvalue weighted by Gasteiger charge is -2.44. The summed E-state index contributed by atoms with van der Waals surface area (Å²) >= 11 is 0. The molecule has 0 aliphatic heterocycles. The third-order valence-electron chi connectivity index (χ3n) is 4.59. The van der Waals surface area contributed by atoms with Crippen molar-refractivity contribution in [2.24, 2.45) is 17.8 Å². The fraction of sp³-hybridized carbons (Fsp3) is 0.857. The van der Waals surface area contributed by atoms with E-state index in [9.17, 15) is 5.11 Å². The van der Waals surface area contributed by atoms with Gasteiger partial charge < -0.3 is 5.11 Å². The summed E-state index contributed by atoms with van der Waals surface area (Å²) in [6.07, 6.45) is 7.64. The second-order valence-electron chi connectivity index (χ2n) is 6.08. The molecule has 86 valence electrons. The summed E-state index contributed by atoms with van der Waals surface area (Å²) in [5, 5.41) is 10.1. The molecule has 0 radical (unpaired) electrons. The third-order valence-corrected chi connectivity index (χ3v) is 4.59. The largest absolute Gasteiger partial charge is 0.390 e. The maximum atomic E-state index is 10.1. The van der Waals surface area contributed by atoms with Gasteiger partial charge in [-0.25, -0.2) is 0 Å². The predicted molar refractivity (Wildman–Crippen MR) is 63.6 cm³/mol. The van der Waals surface area contributed by atoms with Crippen LogP contribution in [0.2, 0.25) is 0 Å². The van der Waals surface area contributed by atoms with Crippen LogP contribution >= 0.6 is 0 Å². The molecule has 0 aromatic heterocycles. The Morgan fingerprint density at radius 1 is 1.27 bits per heavy atom. The summed E-state index contributed by atoms with van der Waals surface area (Å²) in [4.78, 5) is 0. The lowest BCUT2D eigenvalue weighted by molar-refractivity contribution is -0.0195. The topological polar surface area (TPSA) is 20.2 Å². The minimum absolute atomic E-state index is 0.480. The molecular formula is C14H24O. The number of rotatable bonds is 1. The van der Waals surface area contributed by atoms with Crippen LogP contribution in [-0.2, 0) is 0 Å². The highest BCUT2D eigenvalue weighted by molar-refractivity contribution is 5.09. The number of allylic oxidation sites excluding steroid dienone is 1. The quantitative estimate of drug-likeness (QED) is 0.654. The first-order chi connectivity index (χ1) is 6.98. The van der Waals surface area contributed by atoms with Crippen molar-refractivity contribution in [1.82, 2.24) is 0 Å². The van der Waals surface area contributed by atoms with Crippen molar-refractivity contribution in [3.8, 4) is 0 Å². The third kappa shape index (κ3) is 2.28. The normalized spacial score (nSPS) is 37.5. The highest BCUT2D eigenvalue weighted by Crippen LogP contribution is 2.47. The van der Waals surface area contributed by atoms with Gasteiger partial charge in [-0.1, -0.05) is 12.2 Å². The first kappa shape index (κ1) is 11.2. The van der Waals surface area contributed by atoms with Gasteiger partial charge in [-0.3, -0.25) is 0 Å². The first-order valence-electron chi connectivity index (χ1n) is 6.38. The van der Waals surface area contributed by atoms with E-state index in [2.05, 4.69) is 6.58 Å². The molecule has 2 aliphatic carbocycles. The molecule has 2 fully saturated rings. The summed E-state index contributed by atoms with van der Waals surface area (Å²) in [6, 6.07) is 0. The second kappa shape index (κ2) is 3.93. The van der Waals surface area contributed by atoms with E-state index in [0.717, 1.165) is 5.92 Å². The maximum Gasteiger partial charge on any atom is 0.0620 e. The van der Waals surface area contributed by atoms with Gasteiger partial charge in [-0.2, -0.15) is 0 Å². The summed E-state index contributed by atoms with van der Waals surface area (Å²) in [5.41, 5.74) is 0.961. The molecule has 1 heteroatoms. The molecule has 1 nitrogen and oxygen atoms in total. The van der Waals surface area contributed by atoms with E-state index in [1.165, 1.54) is 44.1 Å². The van der Waals surface area contributed by atoms with Crippen molar-refractivity contribution < 1.29 is 5.11 Å². The van der Waals surface area contributed by atoms with Crippen molar-refractivity contribution in [2.45, 2.75) is 58.0 Å². The molecule has 15 heavy (non-hydrogen) atoms. The minimum atomic E-state index is -0.497. The molecule has 2 saturated carbocycles. The van der Waals surface area contributed by atoms with Crippen molar-refractivity contribution in [3.05, 3.63) is 12.2 Å². The fourth-order valence-corrected chi connectivity index (χ4v) is 3.50. The lowest BCUT2D eigenvalue weighted by Crippen LogP contribution is -2.39. The molecule has 0 aromatic rings. The van der Waals surface area contributed by atoms with Crippen LogP contribution < -0.4 is 0 Å².